The van der Waals surface area contributed by atoms with Crippen molar-refractivity contribution in [3.63, 3.8) is 0 Å². The lowest BCUT2D eigenvalue weighted by Crippen LogP contribution is -2.33. The van der Waals surface area contributed by atoms with Crippen molar-refractivity contribution < 1.29 is 14.6 Å². The molecule has 0 heterocycles. The van der Waals surface area contributed by atoms with Gasteiger partial charge in [-0.15, -0.1) is 0 Å². The van der Waals surface area contributed by atoms with E-state index in [-0.39, 0.29) is 0 Å². The summed E-state index contributed by atoms with van der Waals surface area (Å²) in [5.41, 5.74) is 2.96. The molecule has 0 aliphatic heterocycles. The Labute approximate surface area is 178 Å². The van der Waals surface area contributed by atoms with Crippen molar-refractivity contribution in [2.75, 3.05) is 6.61 Å². The van der Waals surface area contributed by atoms with Crippen LogP contribution in [0.2, 0.25) is 0 Å². The number of carbonyl (C=O) groups is 1. The zero-order chi connectivity index (χ0) is 21.2. The summed E-state index contributed by atoms with van der Waals surface area (Å²) >= 11 is 0. The minimum Gasteiger partial charge on any atom is -0.478 e. The van der Waals surface area contributed by atoms with Crippen LogP contribution in [0.3, 0.4) is 0 Å². The minimum absolute atomic E-state index is 0.392. The Morgan fingerprint density at radius 3 is 1.63 bits per heavy atom. The van der Waals surface area contributed by atoms with Crippen molar-refractivity contribution in [2.45, 2.75) is 31.8 Å². The Kier molecular flexibility index (Phi) is 7.58. The summed E-state index contributed by atoms with van der Waals surface area (Å²) in [6.07, 6.45) is 4.23. The molecule has 0 atom stereocenters. The number of ether oxygens (including phenoxy) is 1. The molecule has 0 spiro atoms. The van der Waals surface area contributed by atoms with Gasteiger partial charge in [0.05, 0.1) is 0 Å². The highest BCUT2D eigenvalue weighted by Crippen LogP contribution is 2.40. The van der Waals surface area contributed by atoms with Gasteiger partial charge in [0.25, 0.3) is 0 Å². The van der Waals surface area contributed by atoms with Crippen molar-refractivity contribution >= 4 is 5.97 Å². The van der Waals surface area contributed by atoms with Crippen LogP contribution in [0.15, 0.2) is 103 Å². The molecule has 0 aliphatic rings. The molecule has 0 aliphatic carbocycles. The molecule has 3 aromatic carbocycles. The Bertz CT molecular complexity index is 851. The summed E-state index contributed by atoms with van der Waals surface area (Å²) in [5, 5.41) is 8.98. The van der Waals surface area contributed by atoms with Crippen LogP contribution < -0.4 is 0 Å². The molecular weight excluding hydrogens is 372 g/mol. The average Bonchev–Trinajstić information content (AvgIpc) is 2.80. The molecule has 0 unspecified atom stereocenters. The summed E-state index contributed by atoms with van der Waals surface area (Å²) in [7, 11) is 0. The second-order valence-electron chi connectivity index (χ2n) is 7.32. The highest BCUT2D eigenvalue weighted by atomic mass is 16.5. The van der Waals surface area contributed by atoms with Crippen LogP contribution in [-0.2, 0) is 15.1 Å². The number of hydrogen-bond donors (Lipinski definition) is 1. The Hall–Kier alpha value is -3.17. The van der Waals surface area contributed by atoms with E-state index in [2.05, 4.69) is 36.4 Å². The quantitative estimate of drug-likeness (QED) is 0.250. The van der Waals surface area contributed by atoms with Crippen molar-refractivity contribution in [3.05, 3.63) is 119 Å². The van der Waals surface area contributed by atoms with E-state index in [9.17, 15) is 4.79 Å². The van der Waals surface area contributed by atoms with Gasteiger partial charge in [-0.1, -0.05) is 97.1 Å². The number of aliphatic carboxylic acids is 1. The normalized spacial score (nSPS) is 12.0. The highest BCUT2D eigenvalue weighted by molar-refractivity contribution is 5.85. The molecule has 0 fully saturated rings. The van der Waals surface area contributed by atoms with Crippen molar-refractivity contribution in [2.24, 2.45) is 0 Å². The summed E-state index contributed by atoms with van der Waals surface area (Å²) in [6.45, 7) is 2.20. The summed E-state index contributed by atoms with van der Waals surface area (Å²) < 4.78 is 6.71. The van der Waals surface area contributed by atoms with Crippen LogP contribution >= 0.6 is 0 Å². The lowest BCUT2D eigenvalue weighted by Gasteiger charge is -2.36. The summed E-state index contributed by atoms with van der Waals surface area (Å²) in [5.74, 6) is -0.859. The maximum atomic E-state index is 10.9. The maximum Gasteiger partial charge on any atom is 0.330 e. The second-order valence-corrected chi connectivity index (χ2v) is 7.32. The first kappa shape index (κ1) is 21.5. The zero-order valence-electron chi connectivity index (χ0n) is 17.3. The van der Waals surface area contributed by atoms with Gasteiger partial charge in [-0.2, -0.15) is 0 Å². The van der Waals surface area contributed by atoms with Gasteiger partial charge in [0.15, 0.2) is 0 Å². The van der Waals surface area contributed by atoms with Crippen LogP contribution in [-0.4, -0.2) is 17.7 Å². The SMILES string of the molecule is CC(=CCCCCOC(c1ccccc1)(c1ccccc1)c1ccccc1)C(=O)O. The molecule has 0 saturated carbocycles. The zero-order valence-corrected chi connectivity index (χ0v) is 17.3. The number of hydrogen-bond acceptors (Lipinski definition) is 2. The molecular formula is C27H28O3. The van der Waals surface area contributed by atoms with Gasteiger partial charge in [-0.25, -0.2) is 4.79 Å². The third-order valence-electron chi connectivity index (χ3n) is 5.25. The first-order chi connectivity index (χ1) is 14.6. The first-order valence-electron chi connectivity index (χ1n) is 10.3. The van der Waals surface area contributed by atoms with Crippen molar-refractivity contribution in [3.8, 4) is 0 Å². The third-order valence-corrected chi connectivity index (χ3v) is 5.25. The van der Waals surface area contributed by atoms with Crippen LogP contribution in [0.25, 0.3) is 0 Å². The van der Waals surface area contributed by atoms with E-state index >= 15 is 0 Å². The van der Waals surface area contributed by atoms with E-state index in [1.54, 1.807) is 13.0 Å². The molecule has 0 saturated heterocycles. The Morgan fingerprint density at radius 1 is 0.800 bits per heavy atom. The predicted octanol–water partition coefficient (Wildman–Crippen LogP) is 6.20. The number of unbranched alkanes of at least 4 members (excludes halogenated alkanes) is 2. The molecule has 0 bridgehead atoms. The molecule has 30 heavy (non-hydrogen) atoms. The lowest BCUT2D eigenvalue weighted by atomic mass is 9.80. The molecule has 0 radical (unpaired) electrons. The van der Waals surface area contributed by atoms with E-state index in [4.69, 9.17) is 9.84 Å². The van der Waals surface area contributed by atoms with Gasteiger partial charge in [-0.05, 0) is 42.9 Å². The smallest absolute Gasteiger partial charge is 0.330 e. The fraction of sp³-hybridized carbons (Fsp3) is 0.222. The molecule has 3 aromatic rings. The topological polar surface area (TPSA) is 46.5 Å². The Balaban J connectivity index is 1.88. The van der Waals surface area contributed by atoms with Gasteiger partial charge >= 0.3 is 5.97 Å². The van der Waals surface area contributed by atoms with Crippen LogP contribution in [0.5, 0.6) is 0 Å². The van der Waals surface area contributed by atoms with Crippen LogP contribution in [0, 0.1) is 0 Å². The third kappa shape index (κ3) is 5.05. The largest absolute Gasteiger partial charge is 0.478 e. The molecule has 3 nitrogen and oxygen atoms in total. The number of rotatable bonds is 10. The van der Waals surface area contributed by atoms with E-state index in [1.165, 1.54) is 0 Å². The lowest BCUT2D eigenvalue weighted by molar-refractivity contribution is -0.132. The van der Waals surface area contributed by atoms with E-state index < -0.39 is 11.6 Å². The van der Waals surface area contributed by atoms with Crippen LogP contribution in [0.1, 0.15) is 42.9 Å². The monoisotopic (exact) mass is 400 g/mol. The molecule has 3 heteroatoms. The predicted molar refractivity (Wildman–Crippen MR) is 120 cm³/mol. The second kappa shape index (κ2) is 10.6. The minimum atomic E-state index is -0.859. The van der Waals surface area contributed by atoms with Gasteiger partial charge in [0.1, 0.15) is 5.60 Å². The Morgan fingerprint density at radius 2 is 1.23 bits per heavy atom. The fourth-order valence-corrected chi connectivity index (χ4v) is 3.65. The van der Waals surface area contributed by atoms with Gasteiger partial charge in [0.2, 0.25) is 0 Å². The molecule has 0 amide bonds. The average molecular weight is 401 g/mol. The molecule has 1 N–H and O–H groups in total. The number of carboxylic acid groups (broad SMARTS) is 1. The van der Waals surface area contributed by atoms with Gasteiger partial charge in [0, 0.05) is 12.2 Å². The van der Waals surface area contributed by atoms with E-state index in [1.807, 2.05) is 54.6 Å². The number of allylic oxidation sites excluding steroid dienone is 1. The highest BCUT2D eigenvalue weighted by Gasteiger charge is 2.37. The molecule has 154 valence electrons. The van der Waals surface area contributed by atoms with Crippen LogP contribution in [0.4, 0.5) is 0 Å². The summed E-state index contributed by atoms with van der Waals surface area (Å²) in [6, 6.07) is 30.9. The number of benzene rings is 3. The molecule has 3 rings (SSSR count). The first-order valence-corrected chi connectivity index (χ1v) is 10.3. The maximum absolute atomic E-state index is 10.9. The summed E-state index contributed by atoms with van der Waals surface area (Å²) in [4.78, 5) is 10.9. The number of carboxylic acids is 1. The van der Waals surface area contributed by atoms with E-state index in [0.29, 0.717) is 12.2 Å². The van der Waals surface area contributed by atoms with Crippen molar-refractivity contribution in [1.82, 2.24) is 0 Å². The van der Waals surface area contributed by atoms with Gasteiger partial charge < -0.3 is 9.84 Å². The van der Waals surface area contributed by atoms with Crippen molar-refractivity contribution in [1.29, 1.82) is 0 Å². The molecule has 0 aromatic heterocycles. The standard InChI is InChI=1S/C27H28O3/c1-22(26(28)29)14-6-5-13-21-30-27(23-15-7-2-8-16-23,24-17-9-3-10-18-24)25-19-11-4-12-20-25/h2-4,7-12,14-20H,5-6,13,21H2,1H3,(H,28,29). The van der Waals surface area contributed by atoms with E-state index in [0.717, 1.165) is 36.0 Å². The fourth-order valence-electron chi connectivity index (χ4n) is 3.65. The van der Waals surface area contributed by atoms with Gasteiger partial charge in [-0.3, -0.25) is 0 Å².